The number of benzene rings is 1. The Morgan fingerprint density at radius 2 is 2.21 bits per heavy atom. The number of aromatic nitrogens is 1. The molecular formula is C12H11Cl2N3OS. The monoisotopic (exact) mass is 315 g/mol. The van der Waals surface area contributed by atoms with Crippen LogP contribution in [0.4, 0.5) is 10.5 Å². The SMILES string of the molecule is Cc1ncc(CNC(=O)Nc2ccc(Cl)cc2Cl)s1. The van der Waals surface area contributed by atoms with Crippen LogP contribution in [0.3, 0.4) is 0 Å². The molecule has 1 heterocycles. The number of carbonyl (C=O) groups is 1. The van der Waals surface area contributed by atoms with Crippen LogP contribution in [-0.2, 0) is 6.54 Å². The molecule has 4 nitrogen and oxygen atoms in total. The molecule has 0 atom stereocenters. The van der Waals surface area contributed by atoms with Gasteiger partial charge in [0.1, 0.15) is 0 Å². The molecule has 2 aromatic rings. The number of aryl methyl sites for hydroxylation is 1. The highest BCUT2D eigenvalue weighted by Crippen LogP contribution is 2.25. The minimum absolute atomic E-state index is 0.324. The molecule has 2 rings (SSSR count). The van der Waals surface area contributed by atoms with E-state index < -0.39 is 0 Å². The van der Waals surface area contributed by atoms with E-state index in [1.807, 2.05) is 6.92 Å². The summed E-state index contributed by atoms with van der Waals surface area (Å²) in [6, 6.07) is 4.57. The molecule has 19 heavy (non-hydrogen) atoms. The average Bonchev–Trinajstić information content (AvgIpc) is 2.76. The van der Waals surface area contributed by atoms with Crippen molar-refractivity contribution in [3.05, 3.63) is 44.3 Å². The minimum atomic E-state index is -0.324. The predicted octanol–water partition coefficient (Wildman–Crippen LogP) is 4.08. The summed E-state index contributed by atoms with van der Waals surface area (Å²) in [5.74, 6) is 0. The number of halogens is 2. The number of amides is 2. The molecular weight excluding hydrogens is 305 g/mol. The number of nitrogens with zero attached hydrogens (tertiary/aromatic N) is 1. The van der Waals surface area contributed by atoms with Crippen LogP contribution < -0.4 is 10.6 Å². The van der Waals surface area contributed by atoms with Crippen molar-refractivity contribution in [3.8, 4) is 0 Å². The maximum Gasteiger partial charge on any atom is 0.319 e. The molecule has 7 heteroatoms. The number of hydrogen-bond donors (Lipinski definition) is 2. The van der Waals surface area contributed by atoms with Crippen molar-refractivity contribution in [2.75, 3.05) is 5.32 Å². The van der Waals surface area contributed by atoms with Gasteiger partial charge in [0.15, 0.2) is 0 Å². The van der Waals surface area contributed by atoms with Gasteiger partial charge >= 0.3 is 6.03 Å². The zero-order valence-corrected chi connectivity index (χ0v) is 12.4. The summed E-state index contributed by atoms with van der Waals surface area (Å²) in [5, 5.41) is 7.28. The lowest BCUT2D eigenvalue weighted by molar-refractivity contribution is 0.252. The summed E-state index contributed by atoms with van der Waals surface area (Å²) in [5.41, 5.74) is 0.518. The molecule has 0 saturated carbocycles. The second-order valence-electron chi connectivity index (χ2n) is 3.78. The van der Waals surface area contributed by atoms with Crippen molar-refractivity contribution in [1.82, 2.24) is 10.3 Å². The molecule has 100 valence electrons. The zero-order valence-electron chi connectivity index (χ0n) is 10.0. The fourth-order valence-corrected chi connectivity index (χ4v) is 2.60. The summed E-state index contributed by atoms with van der Waals surface area (Å²) in [6.07, 6.45) is 1.75. The fourth-order valence-electron chi connectivity index (χ4n) is 1.41. The predicted molar refractivity (Wildman–Crippen MR) is 79.2 cm³/mol. The van der Waals surface area contributed by atoms with E-state index in [-0.39, 0.29) is 6.03 Å². The number of rotatable bonds is 3. The van der Waals surface area contributed by atoms with E-state index in [1.54, 1.807) is 35.7 Å². The summed E-state index contributed by atoms with van der Waals surface area (Å²) in [6.45, 7) is 2.35. The van der Waals surface area contributed by atoms with E-state index in [0.717, 1.165) is 9.88 Å². The second kappa shape index (κ2) is 6.23. The van der Waals surface area contributed by atoms with Crippen molar-refractivity contribution in [1.29, 1.82) is 0 Å². The third kappa shape index (κ3) is 4.09. The Morgan fingerprint density at radius 3 is 2.84 bits per heavy atom. The van der Waals surface area contributed by atoms with Crippen LogP contribution in [0.1, 0.15) is 9.88 Å². The van der Waals surface area contributed by atoms with Crippen molar-refractivity contribution < 1.29 is 4.79 Å². The lowest BCUT2D eigenvalue weighted by Gasteiger charge is -2.08. The second-order valence-corrected chi connectivity index (χ2v) is 5.94. The van der Waals surface area contributed by atoms with Gasteiger partial charge in [0.25, 0.3) is 0 Å². The van der Waals surface area contributed by atoms with Gasteiger partial charge < -0.3 is 10.6 Å². The number of anilines is 1. The number of thiazole rings is 1. The highest BCUT2D eigenvalue weighted by atomic mass is 35.5. The quantitative estimate of drug-likeness (QED) is 0.896. The Balaban J connectivity index is 1.90. The first-order chi connectivity index (χ1) is 9.04. The molecule has 2 N–H and O–H groups in total. The van der Waals surface area contributed by atoms with Crippen molar-refractivity contribution in [2.24, 2.45) is 0 Å². The summed E-state index contributed by atoms with van der Waals surface area (Å²) < 4.78 is 0. The Bertz CT molecular complexity index is 600. The molecule has 0 radical (unpaired) electrons. The molecule has 0 aliphatic rings. The lowest BCUT2D eigenvalue weighted by atomic mass is 10.3. The first-order valence-electron chi connectivity index (χ1n) is 5.46. The molecule has 2 amide bonds. The van der Waals surface area contributed by atoms with Gasteiger partial charge in [-0.1, -0.05) is 23.2 Å². The van der Waals surface area contributed by atoms with Gasteiger partial charge in [0.2, 0.25) is 0 Å². The first kappa shape index (κ1) is 14.1. The van der Waals surface area contributed by atoms with Gasteiger partial charge in [-0.2, -0.15) is 0 Å². The first-order valence-corrected chi connectivity index (χ1v) is 7.03. The highest BCUT2D eigenvalue weighted by molar-refractivity contribution is 7.11. The van der Waals surface area contributed by atoms with Crippen molar-refractivity contribution in [2.45, 2.75) is 13.5 Å². The van der Waals surface area contributed by atoms with Crippen LogP contribution >= 0.6 is 34.5 Å². The topological polar surface area (TPSA) is 54.0 Å². The maximum absolute atomic E-state index is 11.7. The van der Waals surface area contributed by atoms with Gasteiger partial charge in [0, 0.05) is 16.1 Å². The van der Waals surface area contributed by atoms with Gasteiger partial charge in [-0.05, 0) is 25.1 Å². The molecule has 0 fully saturated rings. The summed E-state index contributed by atoms with van der Waals surface area (Å²) in [7, 11) is 0. The number of urea groups is 1. The van der Waals surface area contributed by atoms with E-state index in [2.05, 4.69) is 15.6 Å². The van der Waals surface area contributed by atoms with Crippen LogP contribution in [0, 0.1) is 6.92 Å². The summed E-state index contributed by atoms with van der Waals surface area (Å²) in [4.78, 5) is 16.8. The molecule has 0 aliphatic heterocycles. The van der Waals surface area contributed by atoms with E-state index in [0.29, 0.717) is 22.3 Å². The smallest absolute Gasteiger partial charge is 0.319 e. The van der Waals surface area contributed by atoms with Crippen LogP contribution in [0.2, 0.25) is 10.0 Å². The Morgan fingerprint density at radius 1 is 1.42 bits per heavy atom. The van der Waals surface area contributed by atoms with Crippen LogP contribution in [0.5, 0.6) is 0 Å². The largest absolute Gasteiger partial charge is 0.333 e. The number of nitrogens with one attached hydrogen (secondary N) is 2. The number of hydrogen-bond acceptors (Lipinski definition) is 3. The normalized spacial score (nSPS) is 10.3. The van der Waals surface area contributed by atoms with E-state index in [1.165, 1.54) is 0 Å². The third-order valence-corrected chi connectivity index (χ3v) is 3.73. The van der Waals surface area contributed by atoms with Gasteiger partial charge in [-0.15, -0.1) is 11.3 Å². The molecule has 1 aromatic carbocycles. The van der Waals surface area contributed by atoms with E-state index in [4.69, 9.17) is 23.2 Å². The van der Waals surface area contributed by atoms with Crippen LogP contribution in [0.15, 0.2) is 24.4 Å². The average molecular weight is 316 g/mol. The number of carbonyl (C=O) groups excluding carboxylic acids is 1. The molecule has 0 bridgehead atoms. The minimum Gasteiger partial charge on any atom is -0.333 e. The standard InChI is InChI=1S/C12H11Cl2N3OS/c1-7-15-5-9(19-7)6-16-12(18)17-11-3-2-8(13)4-10(11)14/h2-5H,6H2,1H3,(H2,16,17,18). The lowest BCUT2D eigenvalue weighted by Crippen LogP contribution is -2.27. The summed E-state index contributed by atoms with van der Waals surface area (Å²) >= 11 is 13.3. The van der Waals surface area contributed by atoms with Crippen LogP contribution in [-0.4, -0.2) is 11.0 Å². The molecule has 0 saturated heterocycles. The van der Waals surface area contributed by atoms with E-state index in [9.17, 15) is 4.79 Å². The Hall–Kier alpha value is -1.30. The molecule has 0 unspecified atom stereocenters. The van der Waals surface area contributed by atoms with Crippen molar-refractivity contribution in [3.63, 3.8) is 0 Å². The molecule has 0 aliphatic carbocycles. The fraction of sp³-hybridized carbons (Fsp3) is 0.167. The third-order valence-electron chi connectivity index (χ3n) is 2.27. The van der Waals surface area contributed by atoms with Crippen molar-refractivity contribution >= 4 is 46.3 Å². The Labute approximate surface area is 124 Å². The highest BCUT2D eigenvalue weighted by Gasteiger charge is 2.06. The van der Waals surface area contributed by atoms with Gasteiger partial charge in [-0.25, -0.2) is 9.78 Å². The molecule has 1 aromatic heterocycles. The van der Waals surface area contributed by atoms with Gasteiger partial charge in [-0.3, -0.25) is 0 Å². The van der Waals surface area contributed by atoms with Gasteiger partial charge in [0.05, 0.1) is 22.3 Å². The zero-order chi connectivity index (χ0) is 13.8. The van der Waals surface area contributed by atoms with Crippen LogP contribution in [0.25, 0.3) is 0 Å². The molecule has 0 spiro atoms. The maximum atomic E-state index is 11.7. The Kier molecular flexibility index (Phi) is 4.63. The van der Waals surface area contributed by atoms with E-state index >= 15 is 0 Å².